The van der Waals surface area contributed by atoms with Crippen LogP contribution in [0.5, 0.6) is 0 Å². The van der Waals surface area contributed by atoms with Gasteiger partial charge in [-0.25, -0.2) is 0 Å². The zero-order chi connectivity index (χ0) is 8.53. The Hall–Kier alpha value is -0.0800. The molecule has 1 atom stereocenters. The van der Waals surface area contributed by atoms with Crippen LogP contribution in [-0.2, 0) is 0 Å². The van der Waals surface area contributed by atoms with Gasteiger partial charge in [0.2, 0.25) is 0 Å². The minimum Gasteiger partial charge on any atom is -0.330 e. The number of unbranched alkanes of at least 4 members (excludes halogenated alkanes) is 1. The van der Waals surface area contributed by atoms with Crippen LogP contribution in [0, 0.1) is 5.92 Å². The van der Waals surface area contributed by atoms with E-state index in [-0.39, 0.29) is 0 Å². The first-order valence-electron chi connectivity index (χ1n) is 4.72. The molecule has 0 aromatic carbocycles. The summed E-state index contributed by atoms with van der Waals surface area (Å²) in [4.78, 5) is 0. The van der Waals surface area contributed by atoms with Crippen molar-refractivity contribution in [2.75, 3.05) is 19.6 Å². The molecule has 0 fully saturated rings. The standard InChI is InChI=1S/C9H22N2/c1-3-4-7-11-8-9(2)5-6-10/h9,11H,3-8,10H2,1-2H3/t9-/m0/s1. The highest BCUT2D eigenvalue weighted by Crippen LogP contribution is 1.96. The van der Waals surface area contributed by atoms with Gasteiger partial charge in [-0.3, -0.25) is 0 Å². The van der Waals surface area contributed by atoms with Crippen molar-refractivity contribution in [1.29, 1.82) is 0 Å². The number of nitrogens with one attached hydrogen (secondary N) is 1. The van der Waals surface area contributed by atoms with Crippen LogP contribution in [0.4, 0.5) is 0 Å². The molecule has 0 saturated carbocycles. The fourth-order valence-electron chi connectivity index (χ4n) is 1.04. The summed E-state index contributed by atoms with van der Waals surface area (Å²) in [5.74, 6) is 0.733. The second kappa shape index (κ2) is 8.02. The van der Waals surface area contributed by atoms with Gasteiger partial charge in [0.15, 0.2) is 0 Å². The monoisotopic (exact) mass is 158 g/mol. The largest absolute Gasteiger partial charge is 0.330 e. The van der Waals surface area contributed by atoms with Gasteiger partial charge in [-0.15, -0.1) is 0 Å². The Balaban J connectivity index is 2.97. The summed E-state index contributed by atoms with van der Waals surface area (Å²) in [6, 6.07) is 0. The van der Waals surface area contributed by atoms with E-state index in [1.54, 1.807) is 0 Å². The number of hydrogen-bond donors (Lipinski definition) is 2. The second-order valence-electron chi connectivity index (χ2n) is 3.24. The van der Waals surface area contributed by atoms with Crippen LogP contribution in [0.25, 0.3) is 0 Å². The van der Waals surface area contributed by atoms with E-state index in [0.29, 0.717) is 0 Å². The van der Waals surface area contributed by atoms with Crippen molar-refractivity contribution in [3.05, 3.63) is 0 Å². The molecule has 11 heavy (non-hydrogen) atoms. The lowest BCUT2D eigenvalue weighted by Crippen LogP contribution is -2.23. The van der Waals surface area contributed by atoms with Gasteiger partial charge in [0.1, 0.15) is 0 Å². The van der Waals surface area contributed by atoms with Gasteiger partial charge >= 0.3 is 0 Å². The smallest absolute Gasteiger partial charge is 0.00227 e. The van der Waals surface area contributed by atoms with Crippen LogP contribution < -0.4 is 11.1 Å². The molecule has 0 radical (unpaired) electrons. The number of nitrogens with two attached hydrogens (primary N) is 1. The summed E-state index contributed by atoms with van der Waals surface area (Å²) in [7, 11) is 0. The molecular weight excluding hydrogens is 136 g/mol. The van der Waals surface area contributed by atoms with E-state index >= 15 is 0 Å². The number of rotatable bonds is 7. The third-order valence-electron chi connectivity index (χ3n) is 1.86. The minimum atomic E-state index is 0.733. The molecule has 0 amide bonds. The Labute approximate surface area is 70.5 Å². The molecular formula is C9H22N2. The molecule has 0 aliphatic rings. The highest BCUT2D eigenvalue weighted by molar-refractivity contribution is 4.56. The van der Waals surface area contributed by atoms with Gasteiger partial charge in [-0.2, -0.15) is 0 Å². The topological polar surface area (TPSA) is 38.0 Å². The molecule has 0 heterocycles. The van der Waals surface area contributed by atoms with E-state index in [9.17, 15) is 0 Å². The Kier molecular flexibility index (Phi) is 7.96. The Bertz CT molecular complexity index is 74.0. The lowest BCUT2D eigenvalue weighted by molar-refractivity contribution is 0.482. The molecule has 0 unspecified atom stereocenters. The van der Waals surface area contributed by atoms with Crippen LogP contribution in [0.15, 0.2) is 0 Å². The second-order valence-corrected chi connectivity index (χ2v) is 3.24. The minimum absolute atomic E-state index is 0.733. The van der Waals surface area contributed by atoms with Crippen LogP contribution in [0.2, 0.25) is 0 Å². The van der Waals surface area contributed by atoms with E-state index < -0.39 is 0 Å². The van der Waals surface area contributed by atoms with Crippen LogP contribution in [-0.4, -0.2) is 19.6 Å². The summed E-state index contributed by atoms with van der Waals surface area (Å²) in [5, 5.41) is 3.42. The third-order valence-corrected chi connectivity index (χ3v) is 1.86. The van der Waals surface area contributed by atoms with E-state index in [2.05, 4.69) is 19.2 Å². The van der Waals surface area contributed by atoms with Crippen molar-refractivity contribution in [1.82, 2.24) is 5.32 Å². The highest BCUT2D eigenvalue weighted by atomic mass is 14.8. The molecule has 0 aromatic rings. The number of hydrogen-bond acceptors (Lipinski definition) is 2. The highest BCUT2D eigenvalue weighted by Gasteiger charge is 1.98. The van der Waals surface area contributed by atoms with Gasteiger partial charge in [0.25, 0.3) is 0 Å². The Morgan fingerprint density at radius 1 is 1.45 bits per heavy atom. The summed E-state index contributed by atoms with van der Waals surface area (Å²) in [6.45, 7) is 7.55. The summed E-state index contributed by atoms with van der Waals surface area (Å²) >= 11 is 0. The van der Waals surface area contributed by atoms with Gasteiger partial charge in [0.05, 0.1) is 0 Å². The van der Waals surface area contributed by atoms with Crippen molar-refractivity contribution in [2.24, 2.45) is 11.7 Å². The summed E-state index contributed by atoms with van der Waals surface area (Å²) < 4.78 is 0. The molecule has 0 aromatic heterocycles. The van der Waals surface area contributed by atoms with Gasteiger partial charge in [0, 0.05) is 0 Å². The normalized spacial score (nSPS) is 13.4. The van der Waals surface area contributed by atoms with Crippen molar-refractivity contribution in [3.63, 3.8) is 0 Å². The lowest BCUT2D eigenvalue weighted by atomic mass is 10.1. The van der Waals surface area contributed by atoms with E-state index in [4.69, 9.17) is 5.73 Å². The van der Waals surface area contributed by atoms with Gasteiger partial charge in [-0.1, -0.05) is 20.3 Å². The first-order chi connectivity index (χ1) is 5.31. The van der Waals surface area contributed by atoms with Crippen LogP contribution in [0.3, 0.4) is 0 Å². The maximum absolute atomic E-state index is 5.43. The van der Waals surface area contributed by atoms with Gasteiger partial charge in [-0.05, 0) is 38.4 Å². The maximum Gasteiger partial charge on any atom is -0.00227 e. The van der Waals surface area contributed by atoms with Crippen molar-refractivity contribution in [3.8, 4) is 0 Å². The molecule has 0 saturated heterocycles. The summed E-state index contributed by atoms with van der Waals surface area (Å²) in [5.41, 5.74) is 5.43. The maximum atomic E-state index is 5.43. The molecule has 0 aliphatic carbocycles. The fourth-order valence-corrected chi connectivity index (χ4v) is 1.04. The molecule has 3 N–H and O–H groups in total. The van der Waals surface area contributed by atoms with Crippen LogP contribution >= 0.6 is 0 Å². The Morgan fingerprint density at radius 2 is 2.18 bits per heavy atom. The lowest BCUT2D eigenvalue weighted by Gasteiger charge is -2.10. The first-order valence-corrected chi connectivity index (χ1v) is 4.72. The van der Waals surface area contributed by atoms with Gasteiger partial charge < -0.3 is 11.1 Å². The molecule has 68 valence electrons. The Morgan fingerprint density at radius 3 is 2.73 bits per heavy atom. The predicted molar refractivity (Wildman–Crippen MR) is 50.6 cm³/mol. The summed E-state index contributed by atoms with van der Waals surface area (Å²) in [6.07, 6.45) is 3.70. The first kappa shape index (κ1) is 10.9. The zero-order valence-electron chi connectivity index (χ0n) is 7.90. The van der Waals surface area contributed by atoms with Crippen molar-refractivity contribution < 1.29 is 0 Å². The van der Waals surface area contributed by atoms with Crippen molar-refractivity contribution >= 4 is 0 Å². The molecule has 0 spiro atoms. The zero-order valence-corrected chi connectivity index (χ0v) is 7.90. The average molecular weight is 158 g/mol. The molecule has 2 heteroatoms. The molecule has 0 bridgehead atoms. The average Bonchev–Trinajstić information content (AvgIpc) is 1.99. The van der Waals surface area contributed by atoms with Crippen molar-refractivity contribution in [2.45, 2.75) is 33.1 Å². The van der Waals surface area contributed by atoms with Crippen LogP contribution in [0.1, 0.15) is 33.1 Å². The van der Waals surface area contributed by atoms with E-state index in [1.165, 1.54) is 12.8 Å². The fraction of sp³-hybridized carbons (Fsp3) is 1.00. The quantitative estimate of drug-likeness (QED) is 0.549. The SMILES string of the molecule is CCCCNC[C@@H](C)CCN. The predicted octanol–water partition coefficient (Wildman–Crippen LogP) is 1.36. The van der Waals surface area contributed by atoms with E-state index in [0.717, 1.165) is 32.0 Å². The third kappa shape index (κ3) is 7.82. The van der Waals surface area contributed by atoms with E-state index in [1.807, 2.05) is 0 Å². The molecule has 2 nitrogen and oxygen atoms in total. The molecule has 0 rings (SSSR count). The molecule has 0 aliphatic heterocycles.